The van der Waals surface area contributed by atoms with Crippen molar-refractivity contribution >= 4 is 39.2 Å². The minimum absolute atomic E-state index is 0.0462. The van der Waals surface area contributed by atoms with Crippen molar-refractivity contribution < 1.29 is 14.0 Å². The lowest BCUT2D eigenvalue weighted by Gasteiger charge is -2.32. The SMILES string of the molecule is CC(=O)Nc1cccc(C2CCN(CCCNC(=O)c3cc4cc(-c5ccccc5)c5ccccc5c4o3)CC2)c1. The van der Waals surface area contributed by atoms with Crippen LogP contribution in [0, 0.1) is 0 Å². The minimum Gasteiger partial charge on any atom is -0.450 e. The predicted octanol–water partition coefficient (Wildman–Crippen LogP) is 7.21. The highest BCUT2D eigenvalue weighted by Gasteiger charge is 2.21. The monoisotopic (exact) mass is 545 g/mol. The summed E-state index contributed by atoms with van der Waals surface area (Å²) >= 11 is 0. The molecule has 5 aromatic rings. The van der Waals surface area contributed by atoms with E-state index in [-0.39, 0.29) is 11.8 Å². The van der Waals surface area contributed by atoms with E-state index >= 15 is 0 Å². The number of piperidine rings is 1. The number of amides is 2. The highest BCUT2D eigenvalue weighted by atomic mass is 16.3. The summed E-state index contributed by atoms with van der Waals surface area (Å²) in [6.07, 6.45) is 3.07. The molecule has 0 atom stereocenters. The van der Waals surface area contributed by atoms with Crippen LogP contribution in [0.15, 0.2) is 95.4 Å². The van der Waals surface area contributed by atoms with E-state index in [0.29, 0.717) is 18.2 Å². The van der Waals surface area contributed by atoms with E-state index < -0.39 is 0 Å². The summed E-state index contributed by atoms with van der Waals surface area (Å²) in [4.78, 5) is 26.9. The Morgan fingerprint density at radius 1 is 0.878 bits per heavy atom. The van der Waals surface area contributed by atoms with E-state index in [0.717, 1.165) is 77.5 Å². The predicted molar refractivity (Wildman–Crippen MR) is 165 cm³/mol. The molecule has 0 bridgehead atoms. The summed E-state index contributed by atoms with van der Waals surface area (Å²) in [6, 6.07) is 30.7. The number of nitrogens with zero attached hydrogens (tertiary/aromatic N) is 1. The average Bonchev–Trinajstić information content (AvgIpc) is 3.44. The van der Waals surface area contributed by atoms with Gasteiger partial charge in [-0.05, 0) is 91.2 Å². The smallest absolute Gasteiger partial charge is 0.287 e. The van der Waals surface area contributed by atoms with Gasteiger partial charge in [0.1, 0.15) is 5.58 Å². The van der Waals surface area contributed by atoms with Crippen molar-refractivity contribution in [3.63, 3.8) is 0 Å². The van der Waals surface area contributed by atoms with Crippen LogP contribution < -0.4 is 10.6 Å². The normalized spacial score (nSPS) is 14.4. The number of rotatable bonds is 8. The average molecular weight is 546 g/mol. The van der Waals surface area contributed by atoms with Crippen LogP contribution in [0.4, 0.5) is 5.69 Å². The lowest BCUT2D eigenvalue weighted by atomic mass is 9.89. The number of anilines is 1. The summed E-state index contributed by atoms with van der Waals surface area (Å²) in [6.45, 7) is 5.15. The number of hydrogen-bond donors (Lipinski definition) is 2. The van der Waals surface area contributed by atoms with Gasteiger partial charge in [-0.3, -0.25) is 9.59 Å². The number of carbonyl (C=O) groups excluding carboxylic acids is 2. The van der Waals surface area contributed by atoms with Crippen molar-refractivity contribution in [1.29, 1.82) is 0 Å². The third kappa shape index (κ3) is 6.03. The third-order valence-electron chi connectivity index (χ3n) is 8.03. The lowest BCUT2D eigenvalue weighted by molar-refractivity contribution is -0.114. The molecule has 1 saturated heterocycles. The second kappa shape index (κ2) is 12.0. The Kier molecular flexibility index (Phi) is 7.83. The lowest BCUT2D eigenvalue weighted by Crippen LogP contribution is -2.35. The summed E-state index contributed by atoms with van der Waals surface area (Å²) in [7, 11) is 0. The van der Waals surface area contributed by atoms with Crippen molar-refractivity contribution in [2.24, 2.45) is 0 Å². The second-order valence-electron chi connectivity index (χ2n) is 10.9. The van der Waals surface area contributed by atoms with Crippen molar-refractivity contribution in [2.75, 3.05) is 31.5 Å². The Morgan fingerprint density at radius 2 is 1.63 bits per heavy atom. The Bertz CT molecular complexity index is 1680. The van der Waals surface area contributed by atoms with Gasteiger partial charge >= 0.3 is 0 Å². The molecule has 1 fully saturated rings. The number of fused-ring (bicyclic) bond motifs is 3. The number of hydrogen-bond acceptors (Lipinski definition) is 4. The van der Waals surface area contributed by atoms with Crippen LogP contribution in [0.25, 0.3) is 32.9 Å². The van der Waals surface area contributed by atoms with Crippen LogP contribution >= 0.6 is 0 Å². The van der Waals surface area contributed by atoms with Crippen LogP contribution in [0.2, 0.25) is 0 Å². The largest absolute Gasteiger partial charge is 0.450 e. The molecule has 0 unspecified atom stereocenters. The van der Waals surface area contributed by atoms with Gasteiger partial charge in [-0.25, -0.2) is 0 Å². The maximum absolute atomic E-state index is 13.0. The van der Waals surface area contributed by atoms with E-state index in [1.54, 1.807) is 0 Å². The highest BCUT2D eigenvalue weighted by Crippen LogP contribution is 2.36. The van der Waals surface area contributed by atoms with Gasteiger partial charge in [-0.15, -0.1) is 0 Å². The number of carbonyl (C=O) groups is 2. The molecule has 2 amide bonds. The van der Waals surface area contributed by atoms with Gasteiger partial charge in [-0.2, -0.15) is 0 Å². The molecule has 2 N–H and O–H groups in total. The van der Waals surface area contributed by atoms with Gasteiger partial charge in [-0.1, -0.05) is 66.7 Å². The van der Waals surface area contributed by atoms with E-state index in [9.17, 15) is 9.59 Å². The molecular formula is C35H35N3O3. The van der Waals surface area contributed by atoms with Crippen LogP contribution in [0.5, 0.6) is 0 Å². The molecular weight excluding hydrogens is 510 g/mol. The standard InChI is InChI=1S/C35H35N3O3/c1-24(39)37-29-12-7-11-27(21-29)25-15-19-38(20-16-25)18-8-17-36-35(40)33-23-28-22-32(26-9-3-2-4-10-26)30-13-5-6-14-31(30)34(28)41-33/h2-7,9-14,21-23,25H,8,15-20H2,1H3,(H,36,40)(H,37,39). The molecule has 6 heteroatoms. The Balaban J connectivity index is 1.04. The van der Waals surface area contributed by atoms with Gasteiger partial charge in [0.15, 0.2) is 5.76 Å². The first-order valence-electron chi connectivity index (χ1n) is 14.4. The topological polar surface area (TPSA) is 74.6 Å². The molecule has 208 valence electrons. The fourth-order valence-corrected chi connectivity index (χ4v) is 6.00. The molecule has 41 heavy (non-hydrogen) atoms. The Labute approximate surface area is 240 Å². The van der Waals surface area contributed by atoms with Gasteiger partial charge in [0.05, 0.1) is 0 Å². The number of furan rings is 1. The summed E-state index contributed by atoms with van der Waals surface area (Å²) < 4.78 is 6.12. The number of likely N-dealkylation sites (tertiary alicyclic amines) is 1. The molecule has 1 aliphatic rings. The van der Waals surface area contributed by atoms with Gasteiger partial charge in [0, 0.05) is 29.9 Å². The van der Waals surface area contributed by atoms with Crippen molar-refractivity contribution in [1.82, 2.24) is 10.2 Å². The van der Waals surface area contributed by atoms with Crippen molar-refractivity contribution in [3.8, 4) is 11.1 Å². The first kappa shape index (κ1) is 26.8. The summed E-state index contributed by atoms with van der Waals surface area (Å²) in [5, 5.41) is 8.98. The molecule has 2 heterocycles. The first-order valence-corrected chi connectivity index (χ1v) is 14.4. The fourth-order valence-electron chi connectivity index (χ4n) is 6.00. The van der Waals surface area contributed by atoms with Gasteiger partial charge < -0.3 is 20.0 Å². The zero-order chi connectivity index (χ0) is 28.2. The summed E-state index contributed by atoms with van der Waals surface area (Å²) in [5.74, 6) is 0.628. The quantitative estimate of drug-likeness (QED) is 0.202. The van der Waals surface area contributed by atoms with Crippen molar-refractivity contribution in [2.45, 2.75) is 32.1 Å². The zero-order valence-electron chi connectivity index (χ0n) is 23.4. The third-order valence-corrected chi connectivity index (χ3v) is 8.03. The van der Waals surface area contributed by atoms with Crippen molar-refractivity contribution in [3.05, 3.63) is 102 Å². The maximum Gasteiger partial charge on any atom is 0.287 e. The number of nitrogens with one attached hydrogen (secondary N) is 2. The zero-order valence-corrected chi connectivity index (χ0v) is 23.4. The fraction of sp³-hybridized carbons (Fsp3) is 0.257. The molecule has 0 spiro atoms. The van der Waals surface area contributed by atoms with Gasteiger partial charge in [0.25, 0.3) is 5.91 Å². The Morgan fingerprint density at radius 3 is 2.41 bits per heavy atom. The van der Waals surface area contributed by atoms with Crippen LogP contribution in [-0.2, 0) is 4.79 Å². The Hall–Kier alpha value is -4.42. The van der Waals surface area contributed by atoms with Crippen LogP contribution in [0.3, 0.4) is 0 Å². The van der Waals surface area contributed by atoms with Crippen LogP contribution in [0.1, 0.15) is 48.2 Å². The first-order chi connectivity index (χ1) is 20.0. The van der Waals surface area contributed by atoms with Crippen LogP contribution in [-0.4, -0.2) is 42.9 Å². The van der Waals surface area contributed by atoms with E-state index in [4.69, 9.17) is 4.42 Å². The molecule has 6 rings (SSSR count). The molecule has 1 aliphatic heterocycles. The molecule has 4 aromatic carbocycles. The molecule has 0 radical (unpaired) electrons. The van der Waals surface area contributed by atoms with E-state index in [1.807, 2.05) is 48.5 Å². The highest BCUT2D eigenvalue weighted by molar-refractivity contribution is 6.13. The minimum atomic E-state index is -0.177. The van der Waals surface area contributed by atoms with E-state index in [1.165, 1.54) is 12.5 Å². The second-order valence-corrected chi connectivity index (χ2v) is 10.9. The van der Waals surface area contributed by atoms with Gasteiger partial charge in [0.2, 0.25) is 5.91 Å². The maximum atomic E-state index is 13.0. The molecule has 0 aliphatic carbocycles. The van der Waals surface area contributed by atoms with E-state index in [2.05, 4.69) is 58.0 Å². The molecule has 6 nitrogen and oxygen atoms in total. The molecule has 1 aromatic heterocycles. The summed E-state index contributed by atoms with van der Waals surface area (Å²) in [5.41, 5.74) is 5.17. The molecule has 0 saturated carbocycles. The number of benzene rings is 4.